The molecule has 2 aromatic carbocycles. The molecule has 31 heavy (non-hydrogen) atoms. The normalized spacial score (nSPS) is 15.3. The number of aryl methyl sites for hydroxylation is 2. The fourth-order valence-corrected chi connectivity index (χ4v) is 5.11. The number of amides is 1. The van der Waals surface area contributed by atoms with Gasteiger partial charge in [0, 0.05) is 29.7 Å². The summed E-state index contributed by atoms with van der Waals surface area (Å²) in [5.41, 5.74) is 3.78. The lowest BCUT2D eigenvalue weighted by Gasteiger charge is -2.26. The number of nitrogens with zero attached hydrogens (tertiary/aromatic N) is 1. The predicted molar refractivity (Wildman–Crippen MR) is 114 cm³/mol. The van der Waals surface area contributed by atoms with Crippen LogP contribution in [0.1, 0.15) is 16.7 Å². The maximum absolute atomic E-state index is 14.3. The molecular weight excluding hydrogens is 423 g/mol. The molecule has 164 valence electrons. The Morgan fingerprint density at radius 2 is 1.90 bits per heavy atom. The highest BCUT2D eigenvalue weighted by atomic mass is 32.2. The third-order valence-corrected chi connectivity index (χ3v) is 7.41. The molecule has 3 aromatic rings. The molecule has 2 heterocycles. The van der Waals surface area contributed by atoms with Gasteiger partial charge in [0.1, 0.15) is 16.3 Å². The molecule has 9 heteroatoms. The number of ether oxygens (including phenoxy) is 1. The molecule has 0 spiro atoms. The van der Waals surface area contributed by atoms with Crippen LogP contribution in [0.15, 0.2) is 45.9 Å². The van der Waals surface area contributed by atoms with Crippen LogP contribution < -0.4 is 5.32 Å². The van der Waals surface area contributed by atoms with E-state index in [0.29, 0.717) is 0 Å². The van der Waals surface area contributed by atoms with Gasteiger partial charge < -0.3 is 14.5 Å². The average Bonchev–Trinajstić information content (AvgIpc) is 3.16. The number of benzene rings is 2. The standard InChI is InChI=1S/C22H23FN2O5S/c1-14-3-5-18-16(13-30-22(18)15(14)2)11-21(26)24-17-4-6-19(23)20(12-17)31(27,28)25-7-9-29-10-8-25/h3-6,12-13H,7-11H2,1-2H3,(H,24,26). The SMILES string of the molecule is Cc1ccc2c(CC(=O)Nc3ccc(F)c(S(=O)(=O)N4CCOCC4)c3)coc2c1C. The Bertz CT molecular complexity index is 1250. The summed E-state index contributed by atoms with van der Waals surface area (Å²) in [6, 6.07) is 7.42. The smallest absolute Gasteiger partial charge is 0.246 e. The van der Waals surface area contributed by atoms with Gasteiger partial charge in [-0.3, -0.25) is 4.79 Å². The van der Waals surface area contributed by atoms with Crippen molar-refractivity contribution in [3.05, 3.63) is 59.1 Å². The lowest BCUT2D eigenvalue weighted by atomic mass is 10.0. The molecule has 1 saturated heterocycles. The van der Waals surface area contributed by atoms with E-state index in [1.165, 1.54) is 10.4 Å². The van der Waals surface area contributed by atoms with E-state index in [4.69, 9.17) is 9.15 Å². The van der Waals surface area contributed by atoms with Gasteiger partial charge in [-0.25, -0.2) is 12.8 Å². The van der Waals surface area contributed by atoms with Crippen LogP contribution in [-0.2, 0) is 26.0 Å². The van der Waals surface area contributed by atoms with Crippen molar-refractivity contribution in [1.29, 1.82) is 0 Å². The van der Waals surface area contributed by atoms with Gasteiger partial charge in [0.25, 0.3) is 0 Å². The van der Waals surface area contributed by atoms with Gasteiger partial charge in [0.15, 0.2) is 0 Å². The summed E-state index contributed by atoms with van der Waals surface area (Å²) in [6.45, 7) is 4.78. The number of nitrogens with one attached hydrogen (secondary N) is 1. The summed E-state index contributed by atoms with van der Waals surface area (Å²) < 4.78 is 52.0. The zero-order valence-corrected chi connectivity index (χ0v) is 18.1. The summed E-state index contributed by atoms with van der Waals surface area (Å²) in [5.74, 6) is -1.22. The van der Waals surface area contributed by atoms with Crippen molar-refractivity contribution >= 4 is 32.6 Å². The van der Waals surface area contributed by atoms with E-state index in [1.807, 2.05) is 26.0 Å². The van der Waals surface area contributed by atoms with Crippen LogP contribution in [0.3, 0.4) is 0 Å². The van der Waals surface area contributed by atoms with E-state index < -0.39 is 20.7 Å². The number of sulfonamides is 1. The summed E-state index contributed by atoms with van der Waals surface area (Å²) in [4.78, 5) is 12.1. The van der Waals surface area contributed by atoms with Crippen molar-refractivity contribution in [2.75, 3.05) is 31.6 Å². The van der Waals surface area contributed by atoms with Crippen LogP contribution in [0.2, 0.25) is 0 Å². The summed E-state index contributed by atoms with van der Waals surface area (Å²) in [7, 11) is -4.03. The number of morpholine rings is 1. The Kier molecular flexibility index (Phi) is 5.83. The van der Waals surface area contributed by atoms with E-state index in [1.54, 1.807) is 6.26 Å². The molecule has 1 fully saturated rings. The maximum Gasteiger partial charge on any atom is 0.246 e. The summed E-state index contributed by atoms with van der Waals surface area (Å²) in [6.07, 6.45) is 1.59. The maximum atomic E-state index is 14.3. The van der Waals surface area contributed by atoms with Crippen molar-refractivity contribution in [2.45, 2.75) is 25.2 Å². The molecule has 0 radical (unpaired) electrons. The first kappa shape index (κ1) is 21.5. The van der Waals surface area contributed by atoms with Crippen molar-refractivity contribution < 1.29 is 26.8 Å². The fourth-order valence-electron chi connectivity index (χ4n) is 3.61. The van der Waals surface area contributed by atoms with Gasteiger partial charge in [-0.1, -0.05) is 12.1 Å². The molecule has 7 nitrogen and oxygen atoms in total. The third kappa shape index (κ3) is 4.21. The van der Waals surface area contributed by atoms with E-state index in [-0.39, 0.29) is 44.3 Å². The van der Waals surface area contributed by atoms with Crippen LogP contribution in [-0.4, -0.2) is 44.9 Å². The van der Waals surface area contributed by atoms with Crippen LogP contribution in [0.25, 0.3) is 11.0 Å². The number of furan rings is 1. The molecule has 1 aliphatic rings. The second-order valence-electron chi connectivity index (χ2n) is 7.53. The van der Waals surface area contributed by atoms with Crippen molar-refractivity contribution in [2.24, 2.45) is 0 Å². The van der Waals surface area contributed by atoms with E-state index in [2.05, 4.69) is 5.32 Å². The van der Waals surface area contributed by atoms with Crippen LogP contribution in [0, 0.1) is 19.7 Å². The van der Waals surface area contributed by atoms with Crippen LogP contribution in [0.4, 0.5) is 10.1 Å². The number of hydrogen-bond donors (Lipinski definition) is 1. The quantitative estimate of drug-likeness (QED) is 0.649. The number of rotatable bonds is 5. The first-order valence-corrected chi connectivity index (χ1v) is 11.3. The van der Waals surface area contributed by atoms with Gasteiger partial charge in [-0.05, 0) is 43.2 Å². The van der Waals surface area contributed by atoms with Crippen molar-refractivity contribution in [3.8, 4) is 0 Å². The van der Waals surface area contributed by atoms with Gasteiger partial charge in [0.2, 0.25) is 15.9 Å². The average molecular weight is 447 g/mol. The van der Waals surface area contributed by atoms with Gasteiger partial charge in [-0.2, -0.15) is 4.31 Å². The number of carbonyl (C=O) groups excluding carboxylic acids is 1. The molecule has 0 atom stereocenters. The highest BCUT2D eigenvalue weighted by molar-refractivity contribution is 7.89. The first-order chi connectivity index (χ1) is 14.8. The Balaban J connectivity index is 1.54. The fraction of sp³-hybridized carbons (Fsp3) is 0.318. The molecule has 1 aromatic heterocycles. The predicted octanol–water partition coefficient (Wildman–Crippen LogP) is 3.39. The minimum Gasteiger partial charge on any atom is -0.464 e. The van der Waals surface area contributed by atoms with Crippen LogP contribution in [0.5, 0.6) is 0 Å². The molecule has 0 unspecified atom stereocenters. The zero-order chi connectivity index (χ0) is 22.2. The zero-order valence-electron chi connectivity index (χ0n) is 17.3. The second-order valence-corrected chi connectivity index (χ2v) is 9.44. The van der Waals surface area contributed by atoms with E-state index >= 15 is 0 Å². The Labute approximate surface area is 179 Å². The summed E-state index contributed by atoms with van der Waals surface area (Å²) in [5, 5.41) is 3.51. The molecular formula is C22H23FN2O5S. The minimum atomic E-state index is -4.03. The van der Waals surface area contributed by atoms with Gasteiger partial charge in [0.05, 0.1) is 25.9 Å². The topological polar surface area (TPSA) is 88.9 Å². The van der Waals surface area contributed by atoms with E-state index in [0.717, 1.165) is 39.8 Å². The largest absolute Gasteiger partial charge is 0.464 e. The van der Waals surface area contributed by atoms with Crippen molar-refractivity contribution in [1.82, 2.24) is 4.31 Å². The minimum absolute atomic E-state index is 0.0401. The molecule has 1 N–H and O–H groups in total. The van der Waals surface area contributed by atoms with E-state index in [9.17, 15) is 17.6 Å². The molecule has 1 aliphatic heterocycles. The molecule has 1 amide bonds. The lowest BCUT2D eigenvalue weighted by molar-refractivity contribution is -0.115. The Hall–Kier alpha value is -2.75. The Morgan fingerprint density at radius 1 is 1.16 bits per heavy atom. The third-order valence-electron chi connectivity index (χ3n) is 5.50. The highest BCUT2D eigenvalue weighted by Gasteiger charge is 2.29. The molecule has 0 aliphatic carbocycles. The highest BCUT2D eigenvalue weighted by Crippen LogP contribution is 2.28. The lowest BCUT2D eigenvalue weighted by Crippen LogP contribution is -2.40. The van der Waals surface area contributed by atoms with Crippen LogP contribution >= 0.6 is 0 Å². The summed E-state index contributed by atoms with van der Waals surface area (Å²) >= 11 is 0. The number of fused-ring (bicyclic) bond motifs is 1. The Morgan fingerprint density at radius 3 is 2.65 bits per heavy atom. The second kappa shape index (κ2) is 8.41. The first-order valence-electron chi connectivity index (χ1n) is 9.91. The molecule has 0 saturated carbocycles. The number of carbonyl (C=O) groups is 1. The van der Waals surface area contributed by atoms with Crippen molar-refractivity contribution in [3.63, 3.8) is 0 Å². The van der Waals surface area contributed by atoms with Gasteiger partial charge in [-0.15, -0.1) is 0 Å². The molecule has 4 rings (SSSR count). The van der Waals surface area contributed by atoms with Gasteiger partial charge >= 0.3 is 0 Å². The number of hydrogen-bond acceptors (Lipinski definition) is 5. The number of halogens is 1. The monoisotopic (exact) mass is 446 g/mol. The number of anilines is 1. The molecule has 0 bridgehead atoms.